The number of benzene rings is 3. The highest BCUT2D eigenvalue weighted by atomic mass is 32.2. The quantitative estimate of drug-likeness (QED) is 0.505. The van der Waals surface area contributed by atoms with E-state index < -0.39 is 21.9 Å². The summed E-state index contributed by atoms with van der Waals surface area (Å²) in [5.41, 5.74) is 2.38. The molecule has 5 nitrogen and oxygen atoms in total. The molecule has 1 atom stereocenters. The fraction of sp³-hybridized carbons (Fsp3) is 0.0870. The average Bonchev–Trinajstić information content (AvgIpc) is 3.18. The lowest BCUT2D eigenvalue weighted by Crippen LogP contribution is -2.31. The molecule has 4 rings (SSSR count). The molecular formula is C23H20FN3O2S. The van der Waals surface area contributed by atoms with Gasteiger partial charge in [-0.15, -0.1) is 0 Å². The third kappa shape index (κ3) is 4.17. The fourth-order valence-electron chi connectivity index (χ4n) is 3.29. The second-order valence-electron chi connectivity index (χ2n) is 6.90. The van der Waals surface area contributed by atoms with Crippen LogP contribution in [0.3, 0.4) is 0 Å². The molecule has 0 aliphatic heterocycles. The van der Waals surface area contributed by atoms with E-state index in [-0.39, 0.29) is 4.90 Å². The topological polar surface area (TPSA) is 64.0 Å². The molecule has 0 aliphatic carbocycles. The van der Waals surface area contributed by atoms with Crippen molar-refractivity contribution in [3.63, 3.8) is 0 Å². The summed E-state index contributed by atoms with van der Waals surface area (Å²) in [5.74, 6) is 0.0169. The molecule has 0 aliphatic rings. The standard InChI is InChI=1S/C23H20FN3O2S/c1-27-15-14-25-23(27)22(19-8-5-9-20(24)16-19)26-30(28,29)21-12-10-18(11-13-21)17-6-3-2-4-7-17/h2-16,22,26H,1H3. The van der Waals surface area contributed by atoms with E-state index >= 15 is 0 Å². The smallest absolute Gasteiger partial charge is 0.241 e. The maximum atomic E-state index is 13.8. The number of imidazole rings is 1. The van der Waals surface area contributed by atoms with Crippen molar-refractivity contribution in [2.75, 3.05) is 0 Å². The first-order chi connectivity index (χ1) is 14.4. The van der Waals surface area contributed by atoms with Gasteiger partial charge in [0.1, 0.15) is 17.7 Å². The largest absolute Gasteiger partial charge is 0.336 e. The van der Waals surface area contributed by atoms with Crippen molar-refractivity contribution in [1.29, 1.82) is 0 Å². The minimum Gasteiger partial charge on any atom is -0.336 e. The van der Waals surface area contributed by atoms with Crippen molar-refractivity contribution in [1.82, 2.24) is 14.3 Å². The number of aromatic nitrogens is 2. The van der Waals surface area contributed by atoms with Crippen LogP contribution in [0.25, 0.3) is 11.1 Å². The zero-order chi connectivity index (χ0) is 21.1. The van der Waals surface area contributed by atoms with Gasteiger partial charge in [-0.05, 0) is 41.0 Å². The fourth-order valence-corrected chi connectivity index (χ4v) is 4.47. The summed E-state index contributed by atoms with van der Waals surface area (Å²) in [7, 11) is -2.13. The van der Waals surface area contributed by atoms with Crippen LogP contribution in [-0.4, -0.2) is 18.0 Å². The van der Waals surface area contributed by atoms with Crippen molar-refractivity contribution in [3.8, 4) is 11.1 Å². The first kappa shape index (κ1) is 20.0. The molecule has 1 N–H and O–H groups in total. The minimum atomic E-state index is -3.89. The van der Waals surface area contributed by atoms with Gasteiger partial charge in [-0.2, -0.15) is 4.72 Å². The highest BCUT2D eigenvalue weighted by molar-refractivity contribution is 7.89. The van der Waals surface area contributed by atoms with E-state index in [9.17, 15) is 12.8 Å². The molecule has 1 aromatic heterocycles. The molecule has 152 valence electrons. The van der Waals surface area contributed by atoms with Gasteiger partial charge in [0.25, 0.3) is 0 Å². The average molecular weight is 421 g/mol. The molecule has 1 unspecified atom stereocenters. The Bertz CT molecular complexity index is 1250. The predicted molar refractivity (Wildman–Crippen MR) is 114 cm³/mol. The van der Waals surface area contributed by atoms with Gasteiger partial charge in [0.15, 0.2) is 0 Å². The lowest BCUT2D eigenvalue weighted by Gasteiger charge is -2.19. The van der Waals surface area contributed by atoms with E-state index in [0.717, 1.165) is 11.1 Å². The Labute approximate surface area is 174 Å². The van der Waals surface area contributed by atoms with Gasteiger partial charge in [-0.1, -0.05) is 54.6 Å². The summed E-state index contributed by atoms with van der Waals surface area (Å²) in [6, 6.07) is 21.4. The summed E-state index contributed by atoms with van der Waals surface area (Å²) in [6.07, 6.45) is 3.29. The minimum absolute atomic E-state index is 0.123. The lowest BCUT2D eigenvalue weighted by molar-refractivity contribution is 0.560. The zero-order valence-corrected chi connectivity index (χ0v) is 17.1. The molecular weight excluding hydrogens is 401 g/mol. The van der Waals surface area contributed by atoms with Crippen molar-refractivity contribution in [3.05, 3.63) is 108 Å². The van der Waals surface area contributed by atoms with Gasteiger partial charge in [-0.25, -0.2) is 17.8 Å². The first-order valence-electron chi connectivity index (χ1n) is 9.34. The van der Waals surface area contributed by atoms with Crippen LogP contribution in [-0.2, 0) is 17.1 Å². The van der Waals surface area contributed by atoms with Crippen molar-refractivity contribution in [2.45, 2.75) is 10.9 Å². The number of hydrogen-bond acceptors (Lipinski definition) is 3. The maximum Gasteiger partial charge on any atom is 0.241 e. The number of nitrogens with zero attached hydrogens (tertiary/aromatic N) is 2. The van der Waals surface area contributed by atoms with Gasteiger partial charge < -0.3 is 4.57 Å². The van der Waals surface area contributed by atoms with E-state index in [4.69, 9.17) is 0 Å². The molecule has 0 saturated carbocycles. The summed E-state index contributed by atoms with van der Waals surface area (Å²) < 4.78 is 44.4. The second-order valence-corrected chi connectivity index (χ2v) is 8.61. The Morgan fingerprint density at radius 3 is 2.27 bits per heavy atom. The van der Waals surface area contributed by atoms with Crippen molar-refractivity contribution < 1.29 is 12.8 Å². The Morgan fingerprint density at radius 1 is 0.933 bits per heavy atom. The van der Waals surface area contributed by atoms with Crippen LogP contribution in [0.5, 0.6) is 0 Å². The van der Waals surface area contributed by atoms with Crippen LogP contribution in [0, 0.1) is 5.82 Å². The van der Waals surface area contributed by atoms with E-state index in [1.807, 2.05) is 30.3 Å². The lowest BCUT2D eigenvalue weighted by atomic mass is 10.1. The highest BCUT2D eigenvalue weighted by Crippen LogP contribution is 2.25. The van der Waals surface area contributed by atoms with Gasteiger partial charge in [0.2, 0.25) is 10.0 Å². The molecule has 7 heteroatoms. The summed E-state index contributed by atoms with van der Waals surface area (Å²) >= 11 is 0. The first-order valence-corrected chi connectivity index (χ1v) is 10.8. The SMILES string of the molecule is Cn1ccnc1C(NS(=O)(=O)c1ccc(-c2ccccc2)cc1)c1cccc(F)c1. The third-order valence-corrected chi connectivity index (χ3v) is 6.28. The van der Waals surface area contributed by atoms with Gasteiger partial charge in [0, 0.05) is 19.4 Å². The summed E-state index contributed by atoms with van der Waals surface area (Å²) in [4.78, 5) is 4.39. The van der Waals surface area contributed by atoms with Gasteiger partial charge in [-0.3, -0.25) is 0 Å². The van der Waals surface area contributed by atoms with Crippen molar-refractivity contribution >= 4 is 10.0 Å². The van der Waals surface area contributed by atoms with E-state index in [1.54, 1.807) is 60.4 Å². The molecule has 1 heterocycles. The van der Waals surface area contributed by atoms with Gasteiger partial charge in [0.05, 0.1) is 4.90 Å². The molecule has 4 aromatic rings. The van der Waals surface area contributed by atoms with E-state index in [0.29, 0.717) is 11.4 Å². The Morgan fingerprint density at radius 2 is 1.63 bits per heavy atom. The predicted octanol–water partition coefficient (Wildman–Crippen LogP) is 4.29. The Balaban J connectivity index is 1.68. The van der Waals surface area contributed by atoms with Crippen LogP contribution < -0.4 is 4.72 Å². The van der Waals surface area contributed by atoms with Crippen molar-refractivity contribution in [2.24, 2.45) is 7.05 Å². The van der Waals surface area contributed by atoms with Crippen LogP contribution in [0.15, 0.2) is 96.2 Å². The molecule has 3 aromatic carbocycles. The number of rotatable bonds is 6. The Kier molecular flexibility index (Phi) is 5.48. The molecule has 0 spiro atoms. The van der Waals surface area contributed by atoms with E-state index in [1.165, 1.54) is 12.1 Å². The number of nitrogens with one attached hydrogen (secondary N) is 1. The number of hydrogen-bond donors (Lipinski definition) is 1. The molecule has 0 radical (unpaired) electrons. The van der Waals surface area contributed by atoms with Crippen LogP contribution in [0.1, 0.15) is 17.4 Å². The molecule has 30 heavy (non-hydrogen) atoms. The molecule has 0 amide bonds. The summed E-state index contributed by atoms with van der Waals surface area (Å²) in [5, 5.41) is 0. The molecule has 0 saturated heterocycles. The summed E-state index contributed by atoms with van der Waals surface area (Å²) in [6.45, 7) is 0. The van der Waals surface area contributed by atoms with Crippen LogP contribution >= 0.6 is 0 Å². The molecule has 0 fully saturated rings. The normalized spacial score (nSPS) is 12.6. The number of aryl methyl sites for hydroxylation is 1. The third-order valence-electron chi connectivity index (χ3n) is 4.84. The number of halogens is 1. The highest BCUT2D eigenvalue weighted by Gasteiger charge is 2.26. The van der Waals surface area contributed by atoms with E-state index in [2.05, 4.69) is 9.71 Å². The monoisotopic (exact) mass is 421 g/mol. The Hall–Kier alpha value is -3.29. The van der Waals surface area contributed by atoms with Crippen LogP contribution in [0.4, 0.5) is 4.39 Å². The van der Waals surface area contributed by atoms with Gasteiger partial charge >= 0.3 is 0 Å². The zero-order valence-electron chi connectivity index (χ0n) is 16.2. The second kappa shape index (κ2) is 8.22. The molecule has 0 bridgehead atoms. The maximum absolute atomic E-state index is 13.8. The van der Waals surface area contributed by atoms with Crippen LogP contribution in [0.2, 0.25) is 0 Å². The number of sulfonamides is 1.